The molecule has 0 spiro atoms. The molecule has 1 aliphatic rings. The van der Waals surface area contributed by atoms with Crippen LogP contribution in [0.15, 0.2) is 30.5 Å². The number of benzene rings is 1. The second kappa shape index (κ2) is 6.00. The van der Waals surface area contributed by atoms with Gasteiger partial charge in [0.25, 0.3) is 0 Å². The summed E-state index contributed by atoms with van der Waals surface area (Å²) >= 11 is 0. The Balaban J connectivity index is 1.70. The van der Waals surface area contributed by atoms with E-state index in [0.29, 0.717) is 5.92 Å². The molecule has 21 heavy (non-hydrogen) atoms. The fraction of sp³-hybridized carbons (Fsp3) is 0.471. The highest BCUT2D eigenvalue weighted by Crippen LogP contribution is 2.33. The Kier molecular flexibility index (Phi) is 4.08. The summed E-state index contributed by atoms with van der Waals surface area (Å²) in [5.41, 5.74) is 2.65. The number of nitrogens with zero attached hydrogens (tertiary/aromatic N) is 2. The first kappa shape index (κ1) is 14.3. The molecule has 2 N–H and O–H groups in total. The molecule has 4 nitrogen and oxygen atoms in total. The molecule has 1 aromatic heterocycles. The molecular formula is C17H24N3O+. The Morgan fingerprint density at radius 2 is 2.00 bits per heavy atom. The third kappa shape index (κ3) is 3.01. The number of para-hydroxylation sites is 1. The third-order valence-corrected chi connectivity index (χ3v) is 4.40. The van der Waals surface area contributed by atoms with Gasteiger partial charge in [-0.3, -0.25) is 4.90 Å². The number of rotatable bonds is 3. The van der Waals surface area contributed by atoms with E-state index in [-0.39, 0.29) is 0 Å². The first-order chi connectivity index (χ1) is 10.1. The molecule has 112 valence electrons. The summed E-state index contributed by atoms with van der Waals surface area (Å²) in [7, 11) is 3.89. The SMILES string of the molecule is C[N+](C)=CC(O)N1CCC(c2c[nH]c3ccccc23)CC1. The molecule has 1 saturated heterocycles. The number of aromatic amines is 1. The number of H-pyrrole nitrogens is 1. The van der Waals surface area contributed by atoms with Crippen molar-refractivity contribution in [2.45, 2.75) is 25.0 Å². The Labute approximate surface area is 125 Å². The average molecular weight is 286 g/mol. The maximum Gasteiger partial charge on any atom is 0.185 e. The second-order valence-electron chi connectivity index (χ2n) is 6.13. The number of piperidine rings is 1. The van der Waals surface area contributed by atoms with Crippen molar-refractivity contribution in [1.82, 2.24) is 9.88 Å². The zero-order chi connectivity index (χ0) is 14.8. The van der Waals surface area contributed by atoms with Crippen molar-refractivity contribution in [3.8, 4) is 0 Å². The largest absolute Gasteiger partial charge is 0.369 e. The fourth-order valence-corrected chi connectivity index (χ4v) is 3.27. The number of aromatic nitrogens is 1. The molecule has 3 rings (SSSR count). The van der Waals surface area contributed by atoms with Crippen LogP contribution >= 0.6 is 0 Å². The smallest absolute Gasteiger partial charge is 0.185 e. The van der Waals surface area contributed by atoms with E-state index in [0.717, 1.165) is 25.9 Å². The van der Waals surface area contributed by atoms with Gasteiger partial charge < -0.3 is 10.1 Å². The molecule has 2 aromatic rings. The predicted molar refractivity (Wildman–Crippen MR) is 86.0 cm³/mol. The first-order valence-electron chi connectivity index (χ1n) is 7.64. The van der Waals surface area contributed by atoms with Gasteiger partial charge in [-0.15, -0.1) is 0 Å². The van der Waals surface area contributed by atoms with Gasteiger partial charge in [-0.05, 0) is 30.4 Å². The monoisotopic (exact) mass is 286 g/mol. The van der Waals surface area contributed by atoms with Crippen LogP contribution in [-0.4, -0.2) is 59.2 Å². The van der Waals surface area contributed by atoms with Crippen LogP contribution in [0.4, 0.5) is 0 Å². The van der Waals surface area contributed by atoms with Crippen molar-refractivity contribution in [3.05, 3.63) is 36.0 Å². The van der Waals surface area contributed by atoms with Crippen LogP contribution in [0.25, 0.3) is 10.9 Å². The lowest BCUT2D eigenvalue weighted by atomic mass is 9.89. The molecule has 0 saturated carbocycles. The number of fused-ring (bicyclic) bond motifs is 1. The molecule has 4 heteroatoms. The van der Waals surface area contributed by atoms with Gasteiger partial charge in [0.1, 0.15) is 14.1 Å². The molecule has 0 aliphatic carbocycles. The number of aliphatic hydroxyl groups is 1. The van der Waals surface area contributed by atoms with E-state index < -0.39 is 6.23 Å². The Morgan fingerprint density at radius 1 is 1.29 bits per heavy atom. The second-order valence-corrected chi connectivity index (χ2v) is 6.13. The highest BCUT2D eigenvalue weighted by Gasteiger charge is 2.26. The zero-order valence-corrected chi connectivity index (χ0v) is 12.8. The quantitative estimate of drug-likeness (QED) is 0.669. The molecule has 1 fully saturated rings. The number of aliphatic hydroxyl groups excluding tert-OH is 1. The number of nitrogens with one attached hydrogen (secondary N) is 1. The van der Waals surface area contributed by atoms with E-state index in [4.69, 9.17) is 0 Å². The molecule has 1 aromatic carbocycles. The number of hydrogen-bond donors (Lipinski definition) is 2. The third-order valence-electron chi connectivity index (χ3n) is 4.40. The Morgan fingerprint density at radius 3 is 2.71 bits per heavy atom. The Hall–Kier alpha value is -1.65. The van der Waals surface area contributed by atoms with Crippen LogP contribution in [0.3, 0.4) is 0 Å². The van der Waals surface area contributed by atoms with E-state index in [1.165, 1.54) is 16.5 Å². The van der Waals surface area contributed by atoms with E-state index in [1.54, 1.807) is 0 Å². The van der Waals surface area contributed by atoms with Gasteiger partial charge in [0.05, 0.1) is 0 Å². The molecule has 0 amide bonds. The summed E-state index contributed by atoms with van der Waals surface area (Å²) in [6.07, 6.45) is 5.74. The molecular weight excluding hydrogens is 262 g/mol. The van der Waals surface area contributed by atoms with Gasteiger partial charge in [-0.2, -0.15) is 0 Å². The van der Waals surface area contributed by atoms with Gasteiger partial charge in [0, 0.05) is 30.2 Å². The summed E-state index contributed by atoms with van der Waals surface area (Å²) in [6.45, 7) is 1.88. The van der Waals surface area contributed by atoms with Gasteiger partial charge in [0.15, 0.2) is 12.4 Å². The van der Waals surface area contributed by atoms with Crippen molar-refractivity contribution in [2.75, 3.05) is 27.2 Å². The van der Waals surface area contributed by atoms with Gasteiger partial charge in [0.2, 0.25) is 0 Å². The molecule has 1 aliphatic heterocycles. The Bertz CT molecular complexity index is 634. The summed E-state index contributed by atoms with van der Waals surface area (Å²) in [6, 6.07) is 8.50. The molecule has 1 unspecified atom stereocenters. The first-order valence-corrected chi connectivity index (χ1v) is 7.64. The standard InChI is InChI=1S/C17H24N3O/c1-19(2)12-17(21)20-9-7-13(8-10-20)15-11-18-16-6-4-3-5-14(15)16/h3-6,11-13,17-18,21H,7-10H2,1-2H3/q+1. The van der Waals surface area contributed by atoms with Crippen LogP contribution in [0, 0.1) is 0 Å². The average Bonchev–Trinajstić information content (AvgIpc) is 2.90. The van der Waals surface area contributed by atoms with Gasteiger partial charge in [-0.25, -0.2) is 4.58 Å². The zero-order valence-electron chi connectivity index (χ0n) is 12.8. The van der Waals surface area contributed by atoms with Crippen LogP contribution in [-0.2, 0) is 0 Å². The lowest BCUT2D eigenvalue weighted by Crippen LogP contribution is -2.42. The van der Waals surface area contributed by atoms with Gasteiger partial charge in [-0.1, -0.05) is 18.2 Å². The van der Waals surface area contributed by atoms with Crippen molar-refractivity contribution in [2.24, 2.45) is 0 Å². The molecule has 1 atom stereocenters. The molecule has 0 radical (unpaired) electrons. The van der Waals surface area contributed by atoms with Crippen molar-refractivity contribution in [1.29, 1.82) is 0 Å². The molecule has 0 bridgehead atoms. The summed E-state index contributed by atoms with van der Waals surface area (Å²) in [5.74, 6) is 0.587. The number of likely N-dealkylation sites (tertiary alicyclic amines) is 1. The van der Waals surface area contributed by atoms with Crippen molar-refractivity contribution in [3.63, 3.8) is 0 Å². The summed E-state index contributed by atoms with van der Waals surface area (Å²) in [4.78, 5) is 5.51. The van der Waals surface area contributed by atoms with Crippen LogP contribution < -0.4 is 0 Å². The number of hydrogen-bond acceptors (Lipinski definition) is 2. The van der Waals surface area contributed by atoms with Crippen LogP contribution in [0.1, 0.15) is 24.3 Å². The van der Waals surface area contributed by atoms with Crippen LogP contribution in [0.2, 0.25) is 0 Å². The van der Waals surface area contributed by atoms with Crippen molar-refractivity contribution >= 4 is 17.1 Å². The maximum absolute atomic E-state index is 10.2. The van der Waals surface area contributed by atoms with Crippen molar-refractivity contribution < 1.29 is 9.68 Å². The lowest BCUT2D eigenvalue weighted by Gasteiger charge is -2.32. The maximum atomic E-state index is 10.2. The highest BCUT2D eigenvalue weighted by molar-refractivity contribution is 5.83. The topological polar surface area (TPSA) is 42.3 Å². The van der Waals surface area contributed by atoms with E-state index in [1.807, 2.05) is 24.9 Å². The van der Waals surface area contributed by atoms with Crippen LogP contribution in [0.5, 0.6) is 0 Å². The van der Waals surface area contributed by atoms with Gasteiger partial charge >= 0.3 is 0 Å². The normalized spacial score (nSPS) is 18.8. The highest BCUT2D eigenvalue weighted by atomic mass is 16.3. The molecule has 2 heterocycles. The summed E-state index contributed by atoms with van der Waals surface area (Å²) < 4.78 is 1.91. The minimum atomic E-state index is -0.469. The minimum absolute atomic E-state index is 0.469. The van der Waals surface area contributed by atoms with E-state index in [2.05, 4.69) is 40.3 Å². The predicted octanol–water partition coefficient (Wildman–Crippen LogP) is 2.01. The van der Waals surface area contributed by atoms with E-state index in [9.17, 15) is 5.11 Å². The lowest BCUT2D eigenvalue weighted by molar-refractivity contribution is -0.463. The summed E-state index contributed by atoms with van der Waals surface area (Å²) in [5, 5.41) is 11.5. The fourth-order valence-electron chi connectivity index (χ4n) is 3.27. The van der Waals surface area contributed by atoms with E-state index >= 15 is 0 Å². The minimum Gasteiger partial charge on any atom is -0.369 e.